The summed E-state index contributed by atoms with van der Waals surface area (Å²) in [5.74, 6) is -0.571. The molecule has 0 heterocycles. The zero-order valence-corrected chi connectivity index (χ0v) is 9.13. The first kappa shape index (κ1) is 12.1. The fourth-order valence-corrected chi connectivity index (χ4v) is 1.68. The molecule has 1 rings (SSSR count). The van der Waals surface area contributed by atoms with Crippen LogP contribution in [-0.4, -0.2) is 6.04 Å². The van der Waals surface area contributed by atoms with Gasteiger partial charge in [-0.05, 0) is 30.9 Å². The highest BCUT2D eigenvalue weighted by Gasteiger charge is 2.13. The predicted molar refractivity (Wildman–Crippen MR) is 57.5 cm³/mol. The second-order valence-corrected chi connectivity index (χ2v) is 4.29. The van der Waals surface area contributed by atoms with E-state index >= 15 is 0 Å². The summed E-state index contributed by atoms with van der Waals surface area (Å²) in [7, 11) is 0. The van der Waals surface area contributed by atoms with Gasteiger partial charge in [0.15, 0.2) is 0 Å². The minimum Gasteiger partial charge on any atom is -0.327 e. The molecule has 1 nitrogen and oxygen atoms in total. The number of hydrogen-bond donors (Lipinski definition) is 1. The summed E-state index contributed by atoms with van der Waals surface area (Å²) in [5.41, 5.74) is 5.91. The van der Waals surface area contributed by atoms with E-state index in [1.165, 1.54) is 18.2 Å². The molecule has 84 valence electrons. The van der Waals surface area contributed by atoms with E-state index in [4.69, 9.17) is 5.73 Å². The number of hydrogen-bond acceptors (Lipinski definition) is 1. The molecule has 0 aliphatic heterocycles. The highest BCUT2D eigenvalue weighted by molar-refractivity contribution is 5.20. The average molecular weight is 213 g/mol. The number of halogens is 2. The van der Waals surface area contributed by atoms with Gasteiger partial charge in [-0.2, -0.15) is 0 Å². The van der Waals surface area contributed by atoms with E-state index in [2.05, 4.69) is 0 Å². The Balaban J connectivity index is 2.71. The second kappa shape index (κ2) is 5.21. The van der Waals surface area contributed by atoms with Gasteiger partial charge in [-0.1, -0.05) is 19.9 Å². The molecule has 3 heteroatoms. The van der Waals surface area contributed by atoms with E-state index in [0.29, 0.717) is 5.92 Å². The summed E-state index contributed by atoms with van der Waals surface area (Å²) in [4.78, 5) is 0. The van der Waals surface area contributed by atoms with Crippen molar-refractivity contribution in [2.24, 2.45) is 11.7 Å². The van der Waals surface area contributed by atoms with Gasteiger partial charge in [0.05, 0.1) is 0 Å². The van der Waals surface area contributed by atoms with Gasteiger partial charge >= 0.3 is 0 Å². The Labute approximate surface area is 89.3 Å². The van der Waals surface area contributed by atoms with Crippen molar-refractivity contribution < 1.29 is 8.78 Å². The Morgan fingerprint density at radius 1 is 1.20 bits per heavy atom. The van der Waals surface area contributed by atoms with Crippen LogP contribution in [0.3, 0.4) is 0 Å². The van der Waals surface area contributed by atoms with Gasteiger partial charge in [0.25, 0.3) is 0 Å². The second-order valence-electron chi connectivity index (χ2n) is 4.29. The quantitative estimate of drug-likeness (QED) is 0.817. The zero-order chi connectivity index (χ0) is 11.4. The van der Waals surface area contributed by atoms with Gasteiger partial charge in [-0.15, -0.1) is 0 Å². The predicted octanol–water partition coefficient (Wildman–Crippen LogP) is 2.88. The van der Waals surface area contributed by atoms with Crippen LogP contribution >= 0.6 is 0 Å². The van der Waals surface area contributed by atoms with Crippen LogP contribution in [-0.2, 0) is 6.42 Å². The van der Waals surface area contributed by atoms with E-state index in [0.717, 1.165) is 6.42 Å². The third-order valence-corrected chi connectivity index (χ3v) is 2.30. The monoisotopic (exact) mass is 213 g/mol. The van der Waals surface area contributed by atoms with Crippen LogP contribution in [0.1, 0.15) is 25.8 Å². The van der Waals surface area contributed by atoms with Gasteiger partial charge in [-0.25, -0.2) is 8.78 Å². The van der Waals surface area contributed by atoms with E-state index in [9.17, 15) is 8.78 Å². The highest BCUT2D eigenvalue weighted by Crippen LogP contribution is 2.16. The number of rotatable bonds is 4. The largest absolute Gasteiger partial charge is 0.327 e. The lowest BCUT2D eigenvalue weighted by Gasteiger charge is -2.14. The molecule has 0 saturated carbocycles. The van der Waals surface area contributed by atoms with Gasteiger partial charge < -0.3 is 5.73 Å². The Morgan fingerprint density at radius 3 is 2.20 bits per heavy atom. The summed E-state index contributed by atoms with van der Waals surface area (Å²) in [5, 5.41) is 0. The lowest BCUT2D eigenvalue weighted by Crippen LogP contribution is -2.25. The van der Waals surface area contributed by atoms with Crippen molar-refractivity contribution in [3.05, 3.63) is 35.4 Å². The smallest absolute Gasteiger partial charge is 0.129 e. The van der Waals surface area contributed by atoms with Crippen molar-refractivity contribution in [2.45, 2.75) is 32.7 Å². The van der Waals surface area contributed by atoms with Crippen LogP contribution in [0.4, 0.5) is 8.78 Å². The maximum absolute atomic E-state index is 13.3. The van der Waals surface area contributed by atoms with E-state index in [1.54, 1.807) is 0 Å². The highest BCUT2D eigenvalue weighted by atomic mass is 19.1. The molecule has 0 fully saturated rings. The van der Waals surface area contributed by atoms with E-state index in [-0.39, 0.29) is 18.0 Å². The Kier molecular flexibility index (Phi) is 4.21. The average Bonchev–Trinajstić information content (AvgIpc) is 2.10. The summed E-state index contributed by atoms with van der Waals surface area (Å²) >= 11 is 0. The molecule has 1 aromatic rings. The molecule has 1 unspecified atom stereocenters. The summed E-state index contributed by atoms with van der Waals surface area (Å²) < 4.78 is 26.5. The molecule has 0 spiro atoms. The number of benzene rings is 1. The molecular formula is C12H17F2N. The van der Waals surface area contributed by atoms with Crippen molar-refractivity contribution in [3.8, 4) is 0 Å². The molecule has 0 bridgehead atoms. The fraction of sp³-hybridized carbons (Fsp3) is 0.500. The molecule has 0 radical (unpaired) electrons. The summed E-state index contributed by atoms with van der Waals surface area (Å²) in [6.45, 7) is 4.08. The third kappa shape index (κ3) is 3.59. The van der Waals surface area contributed by atoms with Gasteiger partial charge in [0.2, 0.25) is 0 Å². The van der Waals surface area contributed by atoms with E-state index < -0.39 is 11.6 Å². The minimum atomic E-state index is -0.505. The number of nitrogens with two attached hydrogens (primary N) is 1. The fourth-order valence-electron chi connectivity index (χ4n) is 1.68. The SMILES string of the molecule is CC(C)CC(N)Cc1c(F)cccc1F. The standard InChI is InChI=1S/C12H17F2N/c1-8(2)6-9(15)7-10-11(13)4-3-5-12(10)14/h3-5,8-9H,6-7,15H2,1-2H3. The minimum absolute atomic E-state index is 0.102. The molecular weight excluding hydrogens is 196 g/mol. The molecule has 0 aliphatic rings. The Bertz CT molecular complexity index is 303. The van der Waals surface area contributed by atoms with Crippen LogP contribution in [0.2, 0.25) is 0 Å². The van der Waals surface area contributed by atoms with Crippen molar-refractivity contribution in [1.29, 1.82) is 0 Å². The molecule has 0 amide bonds. The molecule has 2 N–H and O–H groups in total. The van der Waals surface area contributed by atoms with Crippen molar-refractivity contribution in [3.63, 3.8) is 0 Å². The maximum atomic E-state index is 13.3. The van der Waals surface area contributed by atoms with Gasteiger partial charge in [0, 0.05) is 11.6 Å². The molecule has 1 atom stereocenters. The normalized spacial score (nSPS) is 13.2. The van der Waals surface area contributed by atoms with E-state index in [1.807, 2.05) is 13.8 Å². The van der Waals surface area contributed by atoms with Gasteiger partial charge in [-0.3, -0.25) is 0 Å². The molecule has 15 heavy (non-hydrogen) atoms. The Hall–Kier alpha value is -0.960. The summed E-state index contributed by atoms with van der Waals surface area (Å²) in [6, 6.07) is 3.71. The first-order chi connectivity index (χ1) is 7.00. The van der Waals surface area contributed by atoms with Crippen LogP contribution in [0.5, 0.6) is 0 Å². The molecule has 0 saturated heterocycles. The van der Waals surface area contributed by atoms with Gasteiger partial charge in [0.1, 0.15) is 11.6 Å². The van der Waals surface area contributed by atoms with Crippen LogP contribution in [0, 0.1) is 17.6 Å². The van der Waals surface area contributed by atoms with Crippen molar-refractivity contribution >= 4 is 0 Å². The molecule has 0 aliphatic carbocycles. The lowest BCUT2D eigenvalue weighted by atomic mass is 9.97. The third-order valence-electron chi connectivity index (χ3n) is 2.30. The van der Waals surface area contributed by atoms with Crippen molar-refractivity contribution in [2.75, 3.05) is 0 Å². The Morgan fingerprint density at radius 2 is 1.73 bits per heavy atom. The zero-order valence-electron chi connectivity index (χ0n) is 9.13. The first-order valence-corrected chi connectivity index (χ1v) is 5.19. The van der Waals surface area contributed by atoms with Crippen LogP contribution in [0.15, 0.2) is 18.2 Å². The topological polar surface area (TPSA) is 26.0 Å². The molecule has 1 aromatic carbocycles. The maximum Gasteiger partial charge on any atom is 0.129 e. The summed E-state index contributed by atoms with van der Waals surface area (Å²) in [6.07, 6.45) is 1.03. The van der Waals surface area contributed by atoms with Crippen LogP contribution < -0.4 is 5.73 Å². The first-order valence-electron chi connectivity index (χ1n) is 5.19. The van der Waals surface area contributed by atoms with Crippen molar-refractivity contribution in [1.82, 2.24) is 0 Å². The lowest BCUT2D eigenvalue weighted by molar-refractivity contribution is 0.471. The van der Waals surface area contributed by atoms with Crippen LogP contribution in [0.25, 0.3) is 0 Å². The molecule has 0 aromatic heterocycles.